The normalized spacial score (nSPS) is 17.0. The molecule has 1 fully saturated rings. The van der Waals surface area contributed by atoms with Gasteiger partial charge in [-0.1, -0.05) is 17.3 Å². The van der Waals surface area contributed by atoms with E-state index in [9.17, 15) is 4.79 Å². The molecule has 1 unspecified atom stereocenters. The Morgan fingerprint density at radius 1 is 1.40 bits per heavy atom. The van der Waals surface area contributed by atoms with Crippen molar-refractivity contribution in [2.24, 2.45) is 0 Å². The van der Waals surface area contributed by atoms with Crippen molar-refractivity contribution in [3.05, 3.63) is 53.2 Å². The molecule has 1 atom stereocenters. The van der Waals surface area contributed by atoms with Crippen LogP contribution in [-0.4, -0.2) is 40.1 Å². The third kappa shape index (κ3) is 3.41. The van der Waals surface area contributed by atoms with E-state index in [4.69, 9.17) is 9.26 Å². The van der Waals surface area contributed by atoms with Crippen LogP contribution < -0.4 is 4.74 Å². The number of aryl methyl sites for hydroxylation is 1. The first-order valence-corrected chi connectivity index (χ1v) is 8.96. The van der Waals surface area contributed by atoms with Crippen molar-refractivity contribution in [3.8, 4) is 16.5 Å². The van der Waals surface area contributed by atoms with Gasteiger partial charge < -0.3 is 14.2 Å². The monoisotopic (exact) mass is 355 g/mol. The summed E-state index contributed by atoms with van der Waals surface area (Å²) in [7, 11) is 0. The number of ether oxygens (including phenoxy) is 1. The van der Waals surface area contributed by atoms with Gasteiger partial charge in [-0.2, -0.15) is 0 Å². The molecule has 4 rings (SSSR count). The number of amides is 1. The average molecular weight is 355 g/mol. The van der Waals surface area contributed by atoms with Gasteiger partial charge in [0.25, 0.3) is 5.91 Å². The molecule has 0 N–H and O–H groups in total. The maximum atomic E-state index is 12.6. The molecule has 4 heterocycles. The number of likely N-dealkylation sites (tertiary alicyclic amines) is 1. The van der Waals surface area contributed by atoms with Crippen LogP contribution in [0.3, 0.4) is 0 Å². The zero-order valence-electron chi connectivity index (χ0n) is 13.7. The van der Waals surface area contributed by atoms with Crippen molar-refractivity contribution in [2.75, 3.05) is 13.1 Å². The molecule has 0 bridgehead atoms. The molecule has 25 heavy (non-hydrogen) atoms. The molecular weight excluding hydrogens is 338 g/mol. The van der Waals surface area contributed by atoms with E-state index in [1.54, 1.807) is 28.5 Å². The van der Waals surface area contributed by atoms with E-state index in [0.717, 1.165) is 16.9 Å². The molecule has 7 heteroatoms. The summed E-state index contributed by atoms with van der Waals surface area (Å²) >= 11 is 1.55. The molecular formula is C18H17N3O3S. The van der Waals surface area contributed by atoms with E-state index in [1.165, 1.54) is 0 Å². The van der Waals surface area contributed by atoms with Gasteiger partial charge in [0.2, 0.25) is 5.88 Å². The fourth-order valence-corrected chi connectivity index (χ4v) is 3.45. The van der Waals surface area contributed by atoms with Crippen LogP contribution in [0.4, 0.5) is 0 Å². The number of hydrogen-bond acceptors (Lipinski definition) is 6. The van der Waals surface area contributed by atoms with Crippen molar-refractivity contribution in [1.82, 2.24) is 15.0 Å². The Morgan fingerprint density at radius 2 is 2.32 bits per heavy atom. The van der Waals surface area contributed by atoms with E-state index in [2.05, 4.69) is 10.1 Å². The highest BCUT2D eigenvalue weighted by Gasteiger charge is 2.30. The number of rotatable bonds is 4. The Bertz CT molecular complexity index is 858. The van der Waals surface area contributed by atoms with Gasteiger partial charge in [-0.15, -0.1) is 11.3 Å². The maximum absolute atomic E-state index is 12.6. The lowest BCUT2D eigenvalue weighted by molar-refractivity contribution is 0.0761. The Hall–Kier alpha value is -2.67. The first kappa shape index (κ1) is 15.8. The van der Waals surface area contributed by atoms with Gasteiger partial charge in [0.1, 0.15) is 6.10 Å². The number of aromatic nitrogens is 2. The topological polar surface area (TPSA) is 68.5 Å². The van der Waals surface area contributed by atoms with Gasteiger partial charge in [-0.05, 0) is 23.9 Å². The number of nitrogens with zero attached hydrogens (tertiary/aromatic N) is 3. The lowest BCUT2D eigenvalue weighted by Gasteiger charge is -2.15. The molecule has 1 amide bonds. The van der Waals surface area contributed by atoms with Gasteiger partial charge in [-0.3, -0.25) is 4.79 Å². The minimum Gasteiger partial charge on any atom is -0.472 e. The molecule has 0 spiro atoms. The standard InChI is InChI=1S/C18H17N3O3S/c1-12-4-5-17(19-10-12)23-13-6-7-21(11-13)18(22)14-9-15(24-20-14)16-3-2-8-25-16/h2-5,8-10,13H,6-7,11H2,1H3. The van der Waals surface area contributed by atoms with Gasteiger partial charge in [0.05, 0.1) is 11.4 Å². The summed E-state index contributed by atoms with van der Waals surface area (Å²) in [4.78, 5) is 19.6. The summed E-state index contributed by atoms with van der Waals surface area (Å²) in [6, 6.07) is 9.38. The van der Waals surface area contributed by atoms with Crippen LogP contribution in [0.25, 0.3) is 10.6 Å². The molecule has 128 valence electrons. The van der Waals surface area contributed by atoms with Crippen molar-refractivity contribution < 1.29 is 14.1 Å². The zero-order valence-corrected chi connectivity index (χ0v) is 14.5. The third-order valence-electron chi connectivity index (χ3n) is 4.10. The van der Waals surface area contributed by atoms with E-state index in [1.807, 2.05) is 36.6 Å². The van der Waals surface area contributed by atoms with Crippen LogP contribution in [0.2, 0.25) is 0 Å². The van der Waals surface area contributed by atoms with Gasteiger partial charge >= 0.3 is 0 Å². The lowest BCUT2D eigenvalue weighted by atomic mass is 10.3. The SMILES string of the molecule is Cc1ccc(OC2CCN(C(=O)c3cc(-c4cccs4)on3)C2)nc1. The number of pyridine rings is 1. The van der Waals surface area contributed by atoms with Crippen LogP contribution >= 0.6 is 11.3 Å². The Balaban J connectivity index is 1.39. The predicted molar refractivity (Wildman–Crippen MR) is 93.7 cm³/mol. The second-order valence-electron chi connectivity index (χ2n) is 6.01. The van der Waals surface area contributed by atoms with Crippen LogP contribution in [0.15, 0.2) is 46.4 Å². The minimum atomic E-state index is -0.130. The van der Waals surface area contributed by atoms with E-state index in [-0.39, 0.29) is 12.0 Å². The van der Waals surface area contributed by atoms with E-state index in [0.29, 0.717) is 30.4 Å². The number of carbonyl (C=O) groups excluding carboxylic acids is 1. The molecule has 1 saturated heterocycles. The van der Waals surface area contributed by atoms with Crippen molar-refractivity contribution >= 4 is 17.2 Å². The largest absolute Gasteiger partial charge is 0.472 e. The number of hydrogen-bond donors (Lipinski definition) is 0. The molecule has 0 aromatic carbocycles. The third-order valence-corrected chi connectivity index (χ3v) is 4.98. The Morgan fingerprint density at radius 3 is 3.08 bits per heavy atom. The quantitative estimate of drug-likeness (QED) is 0.717. The molecule has 6 nitrogen and oxygen atoms in total. The fourth-order valence-electron chi connectivity index (χ4n) is 2.78. The van der Waals surface area contributed by atoms with Gasteiger partial charge in [-0.25, -0.2) is 4.98 Å². The van der Waals surface area contributed by atoms with Crippen LogP contribution in [-0.2, 0) is 0 Å². The van der Waals surface area contributed by atoms with Crippen molar-refractivity contribution in [2.45, 2.75) is 19.4 Å². The average Bonchev–Trinajstić information content (AvgIpc) is 3.37. The number of thiophene rings is 1. The van der Waals surface area contributed by atoms with Crippen LogP contribution in [0.5, 0.6) is 5.88 Å². The molecule has 1 aliphatic heterocycles. The van der Waals surface area contributed by atoms with Crippen molar-refractivity contribution in [1.29, 1.82) is 0 Å². The maximum Gasteiger partial charge on any atom is 0.276 e. The summed E-state index contributed by atoms with van der Waals surface area (Å²) in [6.07, 6.45) is 2.49. The van der Waals surface area contributed by atoms with Crippen molar-refractivity contribution in [3.63, 3.8) is 0 Å². The van der Waals surface area contributed by atoms with Crippen LogP contribution in [0.1, 0.15) is 22.5 Å². The number of carbonyl (C=O) groups is 1. The summed E-state index contributed by atoms with van der Waals surface area (Å²) in [6.45, 7) is 3.14. The summed E-state index contributed by atoms with van der Waals surface area (Å²) in [5.41, 5.74) is 1.42. The second kappa shape index (κ2) is 6.68. The summed E-state index contributed by atoms with van der Waals surface area (Å²) in [5, 5.41) is 5.88. The van der Waals surface area contributed by atoms with Gasteiger partial charge in [0, 0.05) is 31.3 Å². The Kier molecular flexibility index (Phi) is 4.23. The summed E-state index contributed by atoms with van der Waals surface area (Å²) < 4.78 is 11.2. The molecule has 3 aromatic rings. The predicted octanol–water partition coefficient (Wildman–Crippen LogP) is 3.40. The minimum absolute atomic E-state index is 0.0529. The van der Waals surface area contributed by atoms with Crippen LogP contribution in [0, 0.1) is 6.92 Å². The first-order valence-electron chi connectivity index (χ1n) is 8.08. The summed E-state index contributed by atoms with van der Waals surface area (Å²) in [5.74, 6) is 1.08. The highest BCUT2D eigenvalue weighted by atomic mass is 32.1. The molecule has 0 aliphatic carbocycles. The second-order valence-corrected chi connectivity index (χ2v) is 6.95. The van der Waals surface area contributed by atoms with Gasteiger partial charge in [0.15, 0.2) is 11.5 Å². The first-order chi connectivity index (χ1) is 12.2. The Labute approximate surface area is 149 Å². The molecule has 1 aliphatic rings. The van der Waals surface area contributed by atoms with E-state index >= 15 is 0 Å². The zero-order chi connectivity index (χ0) is 17.2. The van der Waals surface area contributed by atoms with E-state index < -0.39 is 0 Å². The smallest absolute Gasteiger partial charge is 0.276 e. The molecule has 0 saturated carbocycles. The fraction of sp³-hybridized carbons (Fsp3) is 0.278. The molecule has 3 aromatic heterocycles. The molecule has 0 radical (unpaired) electrons. The lowest BCUT2D eigenvalue weighted by Crippen LogP contribution is -2.31. The highest BCUT2D eigenvalue weighted by Crippen LogP contribution is 2.26. The highest BCUT2D eigenvalue weighted by molar-refractivity contribution is 7.13.